The first-order valence-corrected chi connectivity index (χ1v) is 6.13. The fourth-order valence-electron chi connectivity index (χ4n) is 1.82. The molecule has 2 amide bonds. The number of carbonyl (C=O) groups is 3. The number of primary amides is 2. The Labute approximate surface area is 121 Å². The third-order valence-corrected chi connectivity index (χ3v) is 2.72. The third-order valence-electron chi connectivity index (χ3n) is 2.72. The molecule has 7 nitrogen and oxygen atoms in total. The molecule has 0 aliphatic heterocycles. The number of aliphatic carboxylic acids is 1. The van der Waals surface area contributed by atoms with Gasteiger partial charge in [0, 0.05) is 11.8 Å². The molecule has 7 heteroatoms. The summed E-state index contributed by atoms with van der Waals surface area (Å²) in [6, 6.07) is 5.09. The molecule has 0 aliphatic carbocycles. The largest absolute Gasteiger partial charge is 0.478 e. The molecule has 1 aromatic rings. The van der Waals surface area contributed by atoms with Gasteiger partial charge in [0.1, 0.15) is 0 Å². The minimum absolute atomic E-state index is 0.132. The molecule has 0 bridgehead atoms. The van der Waals surface area contributed by atoms with E-state index < -0.39 is 17.8 Å². The van der Waals surface area contributed by atoms with Crippen molar-refractivity contribution in [1.29, 1.82) is 0 Å². The molecular weight excluding hydrogens is 274 g/mol. The van der Waals surface area contributed by atoms with Gasteiger partial charge in [0.2, 0.25) is 11.8 Å². The first-order valence-electron chi connectivity index (χ1n) is 6.13. The SMILES string of the molecule is Cc1cc(N(CC(N)=O)CC(N)=O)ccc1C=CC(=O)O. The van der Waals surface area contributed by atoms with Crippen molar-refractivity contribution in [3.05, 3.63) is 35.4 Å². The van der Waals surface area contributed by atoms with E-state index >= 15 is 0 Å². The highest BCUT2D eigenvalue weighted by atomic mass is 16.4. The second kappa shape index (κ2) is 7.09. The molecule has 112 valence electrons. The number of carboxylic acids is 1. The van der Waals surface area contributed by atoms with Gasteiger partial charge in [0.15, 0.2) is 0 Å². The summed E-state index contributed by atoms with van der Waals surface area (Å²) in [4.78, 5) is 34.1. The molecule has 0 saturated heterocycles. The quantitative estimate of drug-likeness (QED) is 0.603. The number of anilines is 1. The van der Waals surface area contributed by atoms with Gasteiger partial charge in [-0.2, -0.15) is 0 Å². The predicted octanol–water partition coefficient (Wildman–Crippen LogP) is -0.130. The smallest absolute Gasteiger partial charge is 0.328 e. The van der Waals surface area contributed by atoms with Crippen LogP contribution in [0.15, 0.2) is 24.3 Å². The summed E-state index contributed by atoms with van der Waals surface area (Å²) in [6.45, 7) is 1.52. The van der Waals surface area contributed by atoms with E-state index in [0.717, 1.165) is 17.2 Å². The maximum Gasteiger partial charge on any atom is 0.328 e. The van der Waals surface area contributed by atoms with Crippen LogP contribution in [0.5, 0.6) is 0 Å². The fourth-order valence-corrected chi connectivity index (χ4v) is 1.82. The number of benzene rings is 1. The summed E-state index contributed by atoms with van der Waals surface area (Å²) >= 11 is 0. The first-order chi connectivity index (χ1) is 9.79. The lowest BCUT2D eigenvalue weighted by Gasteiger charge is -2.22. The van der Waals surface area contributed by atoms with E-state index in [-0.39, 0.29) is 13.1 Å². The first kappa shape index (κ1) is 16.2. The van der Waals surface area contributed by atoms with Crippen molar-refractivity contribution < 1.29 is 19.5 Å². The van der Waals surface area contributed by atoms with Crippen LogP contribution in [0.4, 0.5) is 5.69 Å². The lowest BCUT2D eigenvalue weighted by Crippen LogP contribution is -2.39. The summed E-state index contributed by atoms with van der Waals surface area (Å²) in [5.74, 6) is -2.20. The Bertz CT molecular complexity index is 580. The topological polar surface area (TPSA) is 127 Å². The Hall–Kier alpha value is -2.83. The molecule has 1 aromatic carbocycles. The van der Waals surface area contributed by atoms with Gasteiger partial charge in [0.25, 0.3) is 0 Å². The summed E-state index contributed by atoms with van der Waals surface area (Å²) in [5, 5.41) is 8.61. The van der Waals surface area contributed by atoms with E-state index in [9.17, 15) is 14.4 Å². The number of nitrogens with two attached hydrogens (primary N) is 2. The average molecular weight is 291 g/mol. The molecule has 0 unspecified atom stereocenters. The van der Waals surface area contributed by atoms with Gasteiger partial charge in [0.05, 0.1) is 13.1 Å². The van der Waals surface area contributed by atoms with E-state index in [0.29, 0.717) is 5.69 Å². The van der Waals surface area contributed by atoms with Crippen LogP contribution in [-0.4, -0.2) is 36.0 Å². The predicted molar refractivity (Wildman–Crippen MR) is 78.5 cm³/mol. The van der Waals surface area contributed by atoms with Crippen LogP contribution in [0, 0.1) is 6.92 Å². The molecule has 5 N–H and O–H groups in total. The molecule has 0 spiro atoms. The number of hydrogen-bond donors (Lipinski definition) is 3. The maximum absolute atomic E-state index is 11.0. The number of rotatable bonds is 7. The van der Waals surface area contributed by atoms with Crippen molar-refractivity contribution in [2.45, 2.75) is 6.92 Å². The Balaban J connectivity index is 3.05. The van der Waals surface area contributed by atoms with Gasteiger partial charge in [-0.25, -0.2) is 4.79 Å². The molecule has 0 saturated carbocycles. The minimum Gasteiger partial charge on any atom is -0.478 e. The molecule has 0 atom stereocenters. The maximum atomic E-state index is 11.0. The second-order valence-corrected chi connectivity index (χ2v) is 4.50. The summed E-state index contributed by atoms with van der Waals surface area (Å²) in [5.41, 5.74) is 12.4. The molecule has 0 aromatic heterocycles. The van der Waals surface area contributed by atoms with E-state index in [2.05, 4.69) is 0 Å². The van der Waals surface area contributed by atoms with Gasteiger partial charge < -0.3 is 21.5 Å². The Morgan fingerprint density at radius 2 is 1.76 bits per heavy atom. The Kier molecular flexibility index (Phi) is 5.48. The van der Waals surface area contributed by atoms with E-state index in [1.165, 1.54) is 11.0 Å². The van der Waals surface area contributed by atoms with Crippen molar-refractivity contribution in [3.63, 3.8) is 0 Å². The highest BCUT2D eigenvalue weighted by Crippen LogP contribution is 2.20. The third kappa shape index (κ3) is 5.35. The van der Waals surface area contributed by atoms with E-state index in [4.69, 9.17) is 16.6 Å². The molecule has 1 rings (SSSR count). The van der Waals surface area contributed by atoms with Gasteiger partial charge in [-0.15, -0.1) is 0 Å². The van der Waals surface area contributed by atoms with Crippen molar-refractivity contribution >= 4 is 29.5 Å². The fraction of sp³-hybridized carbons (Fsp3) is 0.214. The monoisotopic (exact) mass is 291 g/mol. The number of amides is 2. The standard InChI is InChI=1S/C14H17N3O4/c1-9-6-11(4-2-10(9)3-5-14(20)21)17(7-12(15)18)8-13(16)19/h2-6H,7-8H2,1H3,(H2,15,18)(H2,16,19)(H,20,21). The Morgan fingerprint density at radius 3 is 2.19 bits per heavy atom. The van der Waals surface area contributed by atoms with Crippen LogP contribution in [0.1, 0.15) is 11.1 Å². The zero-order valence-corrected chi connectivity index (χ0v) is 11.6. The Morgan fingerprint density at radius 1 is 1.19 bits per heavy atom. The number of hydrogen-bond acceptors (Lipinski definition) is 4. The number of aryl methyl sites for hydroxylation is 1. The van der Waals surface area contributed by atoms with Gasteiger partial charge in [-0.1, -0.05) is 6.07 Å². The van der Waals surface area contributed by atoms with Crippen LogP contribution in [0.2, 0.25) is 0 Å². The lowest BCUT2D eigenvalue weighted by molar-refractivity contribution is -0.131. The minimum atomic E-state index is -1.04. The van der Waals surface area contributed by atoms with Crippen LogP contribution in [0.25, 0.3) is 6.08 Å². The summed E-state index contributed by atoms with van der Waals surface area (Å²) < 4.78 is 0. The molecule has 21 heavy (non-hydrogen) atoms. The summed E-state index contributed by atoms with van der Waals surface area (Å²) in [6.07, 6.45) is 2.50. The zero-order chi connectivity index (χ0) is 16.0. The average Bonchev–Trinajstić information content (AvgIpc) is 2.35. The molecule has 0 aliphatic rings. The molecule has 0 heterocycles. The zero-order valence-electron chi connectivity index (χ0n) is 11.6. The van der Waals surface area contributed by atoms with Gasteiger partial charge in [-0.3, -0.25) is 9.59 Å². The lowest BCUT2D eigenvalue weighted by atomic mass is 10.1. The van der Waals surface area contributed by atoms with Crippen molar-refractivity contribution in [1.82, 2.24) is 0 Å². The van der Waals surface area contributed by atoms with Gasteiger partial charge in [-0.05, 0) is 36.3 Å². The number of nitrogens with zero attached hydrogens (tertiary/aromatic N) is 1. The van der Waals surface area contributed by atoms with Gasteiger partial charge >= 0.3 is 5.97 Å². The van der Waals surface area contributed by atoms with Crippen LogP contribution in [-0.2, 0) is 14.4 Å². The summed E-state index contributed by atoms with van der Waals surface area (Å²) in [7, 11) is 0. The molecule has 0 radical (unpaired) electrons. The van der Waals surface area contributed by atoms with E-state index in [1.807, 2.05) is 0 Å². The molecular formula is C14H17N3O4. The van der Waals surface area contributed by atoms with Crippen LogP contribution >= 0.6 is 0 Å². The van der Waals surface area contributed by atoms with Crippen molar-refractivity contribution in [3.8, 4) is 0 Å². The number of carboxylic acid groups (broad SMARTS) is 1. The van der Waals surface area contributed by atoms with Crippen molar-refractivity contribution in [2.24, 2.45) is 11.5 Å². The van der Waals surface area contributed by atoms with Crippen LogP contribution < -0.4 is 16.4 Å². The van der Waals surface area contributed by atoms with E-state index in [1.54, 1.807) is 25.1 Å². The highest BCUT2D eigenvalue weighted by molar-refractivity contribution is 5.86. The van der Waals surface area contributed by atoms with Crippen molar-refractivity contribution in [2.75, 3.05) is 18.0 Å². The normalized spacial score (nSPS) is 10.5. The van der Waals surface area contributed by atoms with Crippen LogP contribution in [0.3, 0.4) is 0 Å². The highest BCUT2D eigenvalue weighted by Gasteiger charge is 2.13. The molecule has 0 fully saturated rings. The second-order valence-electron chi connectivity index (χ2n) is 4.50. The number of carbonyl (C=O) groups excluding carboxylic acids is 2.